The maximum Gasteiger partial charge on any atom is 0.270 e. The first-order valence-corrected chi connectivity index (χ1v) is 9.78. The zero-order valence-corrected chi connectivity index (χ0v) is 15.7. The summed E-state index contributed by atoms with van der Waals surface area (Å²) in [4.78, 5) is 25.1. The van der Waals surface area contributed by atoms with E-state index in [1.165, 1.54) is 24.6 Å². The van der Waals surface area contributed by atoms with Crippen LogP contribution in [0.4, 0.5) is 5.69 Å². The quantitative estimate of drug-likeness (QED) is 0.460. The van der Waals surface area contributed by atoms with Crippen LogP contribution >= 0.6 is 0 Å². The average molecular weight is 381 g/mol. The smallest absolute Gasteiger partial charge is 0.270 e. The van der Waals surface area contributed by atoms with Gasteiger partial charge in [0.15, 0.2) is 5.82 Å². The lowest BCUT2D eigenvalue weighted by Crippen LogP contribution is -2.30. The third-order valence-corrected chi connectivity index (χ3v) is 5.47. The molecule has 8 nitrogen and oxygen atoms in total. The Bertz CT molecular complexity index is 920. The molecule has 28 heavy (non-hydrogen) atoms. The highest BCUT2D eigenvalue weighted by molar-refractivity contribution is 5.92. The summed E-state index contributed by atoms with van der Waals surface area (Å²) in [5.74, 6) is 1.82. The van der Waals surface area contributed by atoms with Gasteiger partial charge in [-0.3, -0.25) is 14.9 Å². The van der Waals surface area contributed by atoms with Gasteiger partial charge in [-0.2, -0.15) is 0 Å². The first-order chi connectivity index (χ1) is 13.6. The maximum atomic E-state index is 12.8. The van der Waals surface area contributed by atoms with Crippen LogP contribution in [0.2, 0.25) is 0 Å². The minimum absolute atomic E-state index is 0.0137. The normalized spacial score (nSPS) is 19.6. The zero-order valence-electron chi connectivity index (χ0n) is 15.7. The number of rotatable bonds is 4. The van der Waals surface area contributed by atoms with Gasteiger partial charge in [0.1, 0.15) is 5.82 Å². The lowest BCUT2D eigenvalue weighted by Gasteiger charge is -2.23. The highest BCUT2D eigenvalue weighted by Gasteiger charge is 2.33. The lowest BCUT2D eigenvalue weighted by atomic mass is 10.1. The molecular formula is C20H23N5O3. The molecule has 0 N–H and O–H groups in total. The molecule has 2 aliphatic rings. The van der Waals surface area contributed by atoms with Crippen molar-refractivity contribution in [3.63, 3.8) is 0 Å². The summed E-state index contributed by atoms with van der Waals surface area (Å²) in [7, 11) is 0. The number of nitro benzene ring substituents is 1. The van der Waals surface area contributed by atoms with Crippen LogP contribution in [0, 0.1) is 10.1 Å². The number of carbonyl (C=O) groups is 1. The van der Waals surface area contributed by atoms with Crippen molar-refractivity contribution in [2.45, 2.75) is 51.1 Å². The van der Waals surface area contributed by atoms with Crippen molar-refractivity contribution >= 4 is 17.7 Å². The number of amides is 1. The SMILES string of the molecule is O=C(/C=C/c1cccc([N+](=O)[O-])c1)N1CCCC1c1nnc2n1CCCCC2. The zero-order chi connectivity index (χ0) is 19.5. The van der Waals surface area contributed by atoms with Gasteiger partial charge in [-0.15, -0.1) is 10.2 Å². The van der Waals surface area contributed by atoms with E-state index in [-0.39, 0.29) is 17.6 Å². The molecule has 146 valence electrons. The van der Waals surface area contributed by atoms with Gasteiger partial charge >= 0.3 is 0 Å². The molecule has 0 saturated carbocycles. The van der Waals surface area contributed by atoms with Crippen molar-refractivity contribution in [3.8, 4) is 0 Å². The molecule has 1 aromatic carbocycles. The van der Waals surface area contributed by atoms with Gasteiger partial charge in [0.2, 0.25) is 5.91 Å². The minimum Gasteiger partial charge on any atom is -0.329 e. The highest BCUT2D eigenvalue weighted by Crippen LogP contribution is 2.32. The topological polar surface area (TPSA) is 94.2 Å². The van der Waals surface area contributed by atoms with Crippen molar-refractivity contribution in [2.24, 2.45) is 0 Å². The molecule has 1 atom stereocenters. The summed E-state index contributed by atoms with van der Waals surface area (Å²) in [5, 5.41) is 19.7. The van der Waals surface area contributed by atoms with E-state index in [0.717, 1.165) is 50.3 Å². The molecule has 3 heterocycles. The van der Waals surface area contributed by atoms with E-state index in [9.17, 15) is 14.9 Å². The number of nitrogens with zero attached hydrogens (tertiary/aromatic N) is 5. The number of benzene rings is 1. The Labute approximate surface area is 163 Å². The number of hydrogen-bond donors (Lipinski definition) is 0. The third kappa shape index (κ3) is 3.67. The molecule has 1 unspecified atom stereocenters. The Morgan fingerprint density at radius 1 is 1.18 bits per heavy atom. The summed E-state index contributed by atoms with van der Waals surface area (Å²) in [6.45, 7) is 1.60. The molecule has 1 saturated heterocycles. The predicted molar refractivity (Wildman–Crippen MR) is 103 cm³/mol. The average Bonchev–Trinajstić information content (AvgIpc) is 3.27. The van der Waals surface area contributed by atoms with Crippen LogP contribution in [-0.4, -0.2) is 37.0 Å². The van der Waals surface area contributed by atoms with Gasteiger partial charge in [-0.1, -0.05) is 18.6 Å². The summed E-state index contributed by atoms with van der Waals surface area (Å²) >= 11 is 0. The molecule has 0 bridgehead atoms. The van der Waals surface area contributed by atoms with Crippen molar-refractivity contribution in [1.29, 1.82) is 0 Å². The van der Waals surface area contributed by atoms with Crippen LogP contribution in [0.15, 0.2) is 30.3 Å². The van der Waals surface area contributed by atoms with Crippen LogP contribution in [-0.2, 0) is 17.8 Å². The first-order valence-electron chi connectivity index (χ1n) is 9.78. The van der Waals surface area contributed by atoms with E-state index in [1.807, 2.05) is 4.90 Å². The largest absolute Gasteiger partial charge is 0.329 e. The summed E-state index contributed by atoms with van der Waals surface area (Å²) in [6, 6.07) is 6.21. The summed E-state index contributed by atoms with van der Waals surface area (Å²) in [5.41, 5.74) is 0.648. The van der Waals surface area contributed by atoms with E-state index in [4.69, 9.17) is 0 Å². The van der Waals surface area contributed by atoms with E-state index in [2.05, 4.69) is 14.8 Å². The fourth-order valence-corrected chi connectivity index (χ4v) is 4.06. The Kier molecular flexibility index (Phi) is 5.18. The molecule has 2 aliphatic heterocycles. The second-order valence-corrected chi connectivity index (χ2v) is 7.31. The molecule has 1 amide bonds. The van der Waals surface area contributed by atoms with Crippen LogP contribution < -0.4 is 0 Å². The highest BCUT2D eigenvalue weighted by atomic mass is 16.6. The fourth-order valence-electron chi connectivity index (χ4n) is 4.06. The number of fused-ring (bicyclic) bond motifs is 1. The summed E-state index contributed by atoms with van der Waals surface area (Å²) < 4.78 is 2.20. The van der Waals surface area contributed by atoms with Crippen molar-refractivity contribution in [3.05, 3.63) is 57.7 Å². The van der Waals surface area contributed by atoms with Crippen molar-refractivity contribution in [1.82, 2.24) is 19.7 Å². The molecule has 0 spiro atoms. The van der Waals surface area contributed by atoms with E-state index >= 15 is 0 Å². The van der Waals surface area contributed by atoms with Gasteiger partial charge in [0.05, 0.1) is 11.0 Å². The molecule has 1 fully saturated rings. The molecule has 4 rings (SSSR count). The number of aryl methyl sites for hydroxylation is 1. The number of nitro groups is 1. The van der Waals surface area contributed by atoms with Gasteiger partial charge in [0, 0.05) is 37.7 Å². The molecule has 0 radical (unpaired) electrons. The van der Waals surface area contributed by atoms with Crippen molar-refractivity contribution in [2.75, 3.05) is 6.54 Å². The number of carbonyl (C=O) groups excluding carboxylic acids is 1. The van der Waals surface area contributed by atoms with E-state index < -0.39 is 4.92 Å². The second-order valence-electron chi connectivity index (χ2n) is 7.31. The van der Waals surface area contributed by atoms with Gasteiger partial charge in [-0.05, 0) is 37.3 Å². The standard InChI is InChI=1S/C20H23N5O3/c26-19(11-10-15-6-4-7-16(14-15)25(27)28)23-13-5-8-17(23)20-22-21-18-9-2-1-3-12-24(18)20/h4,6-7,10-11,14,17H,1-3,5,8-9,12-13H2/b11-10+. The van der Waals surface area contributed by atoms with Crippen LogP contribution in [0.1, 0.15) is 55.4 Å². The Morgan fingerprint density at radius 2 is 2.07 bits per heavy atom. The minimum atomic E-state index is -0.438. The maximum absolute atomic E-state index is 12.8. The number of hydrogen-bond acceptors (Lipinski definition) is 5. The Balaban J connectivity index is 1.52. The number of non-ortho nitro benzene ring substituents is 1. The van der Waals surface area contributed by atoms with E-state index in [0.29, 0.717) is 12.1 Å². The van der Waals surface area contributed by atoms with Crippen LogP contribution in [0.25, 0.3) is 6.08 Å². The Morgan fingerprint density at radius 3 is 2.93 bits per heavy atom. The van der Waals surface area contributed by atoms with E-state index in [1.54, 1.807) is 18.2 Å². The lowest BCUT2D eigenvalue weighted by molar-refractivity contribution is -0.384. The molecule has 8 heteroatoms. The second kappa shape index (κ2) is 7.92. The molecule has 0 aliphatic carbocycles. The molecule has 1 aromatic heterocycles. The van der Waals surface area contributed by atoms with Crippen LogP contribution in [0.3, 0.4) is 0 Å². The monoisotopic (exact) mass is 381 g/mol. The number of aromatic nitrogens is 3. The summed E-state index contributed by atoms with van der Waals surface area (Å²) in [6.07, 6.45) is 9.34. The first kappa shape index (κ1) is 18.3. The van der Waals surface area contributed by atoms with Gasteiger partial charge < -0.3 is 9.47 Å². The molecular weight excluding hydrogens is 358 g/mol. The van der Waals surface area contributed by atoms with Crippen LogP contribution in [0.5, 0.6) is 0 Å². The fraction of sp³-hybridized carbons (Fsp3) is 0.450. The van der Waals surface area contributed by atoms with Gasteiger partial charge in [0.25, 0.3) is 5.69 Å². The molecule has 2 aromatic rings. The Hall–Kier alpha value is -3.03. The van der Waals surface area contributed by atoms with Crippen molar-refractivity contribution < 1.29 is 9.72 Å². The van der Waals surface area contributed by atoms with Gasteiger partial charge in [-0.25, -0.2) is 0 Å². The third-order valence-electron chi connectivity index (χ3n) is 5.47. The predicted octanol–water partition coefficient (Wildman–Crippen LogP) is 3.29. The number of likely N-dealkylation sites (tertiary alicyclic amines) is 1.